The molecule has 58 valence electrons. The zero-order valence-corrected chi connectivity index (χ0v) is 7.54. The number of hydrogen-bond acceptors (Lipinski definition) is 2. The van der Waals surface area contributed by atoms with E-state index in [-0.39, 0.29) is 0 Å². The molecule has 0 aliphatic carbocycles. The molecule has 3 heteroatoms. The van der Waals surface area contributed by atoms with Crippen molar-refractivity contribution in [3.63, 3.8) is 0 Å². The van der Waals surface area contributed by atoms with Gasteiger partial charge in [0.05, 0.1) is 6.61 Å². The van der Waals surface area contributed by atoms with Gasteiger partial charge in [-0.25, -0.2) is 4.98 Å². The minimum Gasteiger partial charge on any atom is -0.477 e. The zero-order valence-electron chi connectivity index (χ0n) is 5.96. The molecule has 0 radical (unpaired) electrons. The molecule has 1 aromatic heterocycles. The first-order valence-corrected chi connectivity index (χ1v) is 4.51. The van der Waals surface area contributed by atoms with Gasteiger partial charge in [0.15, 0.2) is 0 Å². The lowest BCUT2D eigenvalue weighted by atomic mass is 10.1. The second-order valence-electron chi connectivity index (χ2n) is 2.50. The zero-order chi connectivity index (χ0) is 7.68. The number of ether oxygens (including phenoxy) is 1. The van der Waals surface area contributed by atoms with Crippen LogP contribution in [0.3, 0.4) is 0 Å². The topological polar surface area (TPSA) is 22.1 Å². The number of fused-ring (bicyclic) bond motifs is 1. The van der Waals surface area contributed by atoms with E-state index >= 15 is 0 Å². The number of nitrogens with zero attached hydrogens (tertiary/aromatic N) is 1. The highest BCUT2D eigenvalue weighted by Crippen LogP contribution is 2.35. The van der Waals surface area contributed by atoms with Crippen molar-refractivity contribution in [1.82, 2.24) is 4.98 Å². The van der Waals surface area contributed by atoms with Crippen LogP contribution < -0.4 is 4.74 Å². The number of halogens is 1. The second-order valence-corrected chi connectivity index (χ2v) is 3.61. The third-order valence-electron chi connectivity index (χ3n) is 1.75. The molecule has 1 aliphatic rings. The minimum absolute atomic E-state index is 0.417. The highest BCUT2D eigenvalue weighted by Gasteiger charge is 2.18. The summed E-state index contributed by atoms with van der Waals surface area (Å²) in [6.45, 7) is 0.764. The third kappa shape index (κ3) is 1.25. The highest BCUT2D eigenvalue weighted by molar-refractivity contribution is 9.09. The van der Waals surface area contributed by atoms with E-state index < -0.39 is 0 Å². The first-order chi connectivity index (χ1) is 5.38. The van der Waals surface area contributed by atoms with Gasteiger partial charge in [-0.05, 0) is 12.5 Å². The molecule has 2 heterocycles. The first kappa shape index (κ1) is 7.10. The predicted molar refractivity (Wildman–Crippen MR) is 46.0 cm³/mol. The molecule has 1 aliphatic heterocycles. The summed E-state index contributed by atoms with van der Waals surface area (Å²) >= 11 is 3.57. The van der Waals surface area contributed by atoms with Crippen molar-refractivity contribution in [1.29, 1.82) is 0 Å². The largest absolute Gasteiger partial charge is 0.477 e. The summed E-state index contributed by atoms with van der Waals surface area (Å²) in [5.41, 5.74) is 1.17. The lowest BCUT2D eigenvalue weighted by molar-refractivity contribution is 0.275. The monoisotopic (exact) mass is 213 g/mol. The van der Waals surface area contributed by atoms with Crippen molar-refractivity contribution < 1.29 is 4.74 Å². The summed E-state index contributed by atoms with van der Waals surface area (Å²) < 4.78 is 5.35. The first-order valence-electron chi connectivity index (χ1n) is 3.60. The van der Waals surface area contributed by atoms with Gasteiger partial charge in [0.1, 0.15) is 0 Å². The Labute approximate surface area is 73.7 Å². The van der Waals surface area contributed by atoms with E-state index in [0.29, 0.717) is 4.83 Å². The number of pyridine rings is 1. The van der Waals surface area contributed by atoms with Crippen molar-refractivity contribution in [2.45, 2.75) is 11.2 Å². The van der Waals surface area contributed by atoms with Crippen LogP contribution >= 0.6 is 15.9 Å². The molecule has 1 aromatic rings. The van der Waals surface area contributed by atoms with Crippen molar-refractivity contribution in [2.75, 3.05) is 6.61 Å². The number of alkyl halides is 1. The Morgan fingerprint density at radius 3 is 3.36 bits per heavy atom. The molecular formula is C8H8BrNO. The third-order valence-corrected chi connectivity index (χ3v) is 2.70. The maximum absolute atomic E-state index is 5.35. The molecule has 0 bridgehead atoms. The Bertz CT molecular complexity index is 264. The lowest BCUT2D eigenvalue weighted by Gasteiger charge is -2.19. The average molecular weight is 214 g/mol. The molecule has 1 unspecified atom stereocenters. The molecule has 0 saturated carbocycles. The van der Waals surface area contributed by atoms with E-state index in [2.05, 4.69) is 20.9 Å². The SMILES string of the molecule is BrC1CCOc2ncccc21. The van der Waals surface area contributed by atoms with Crippen molar-refractivity contribution in [3.05, 3.63) is 23.9 Å². The quantitative estimate of drug-likeness (QED) is 0.618. The number of rotatable bonds is 0. The van der Waals surface area contributed by atoms with Gasteiger partial charge in [0, 0.05) is 16.6 Å². The van der Waals surface area contributed by atoms with Gasteiger partial charge in [-0.3, -0.25) is 0 Å². The summed E-state index contributed by atoms with van der Waals surface area (Å²) in [6, 6.07) is 3.97. The van der Waals surface area contributed by atoms with Crippen LogP contribution in [0.2, 0.25) is 0 Å². The summed E-state index contributed by atoms with van der Waals surface area (Å²) in [5, 5.41) is 0. The van der Waals surface area contributed by atoms with E-state index in [0.717, 1.165) is 18.9 Å². The van der Waals surface area contributed by atoms with Gasteiger partial charge in [0.25, 0.3) is 0 Å². The van der Waals surface area contributed by atoms with Gasteiger partial charge >= 0.3 is 0 Å². The number of hydrogen-bond donors (Lipinski definition) is 0. The molecule has 2 rings (SSSR count). The molecule has 11 heavy (non-hydrogen) atoms. The molecule has 2 nitrogen and oxygen atoms in total. The maximum Gasteiger partial charge on any atom is 0.217 e. The minimum atomic E-state index is 0.417. The maximum atomic E-state index is 5.35. The van der Waals surface area contributed by atoms with Gasteiger partial charge in [0.2, 0.25) is 5.88 Å². The Morgan fingerprint density at radius 1 is 1.64 bits per heavy atom. The van der Waals surface area contributed by atoms with E-state index in [1.165, 1.54) is 5.56 Å². The Balaban J connectivity index is 2.44. The summed E-state index contributed by atoms with van der Waals surface area (Å²) in [7, 11) is 0. The Kier molecular flexibility index (Phi) is 1.82. The van der Waals surface area contributed by atoms with Crippen LogP contribution in [-0.4, -0.2) is 11.6 Å². The van der Waals surface area contributed by atoms with Crippen LogP contribution in [0, 0.1) is 0 Å². The normalized spacial score (nSPS) is 22.1. The van der Waals surface area contributed by atoms with Crippen molar-refractivity contribution in [2.24, 2.45) is 0 Å². The van der Waals surface area contributed by atoms with Crippen LogP contribution in [0.25, 0.3) is 0 Å². The highest BCUT2D eigenvalue weighted by atomic mass is 79.9. The Hall–Kier alpha value is -0.570. The molecule has 1 atom stereocenters. The van der Waals surface area contributed by atoms with Crippen LogP contribution in [0.5, 0.6) is 5.88 Å². The molecule has 0 spiro atoms. The smallest absolute Gasteiger partial charge is 0.217 e. The summed E-state index contributed by atoms with van der Waals surface area (Å²) in [5.74, 6) is 0.778. The van der Waals surface area contributed by atoms with E-state index in [1.807, 2.05) is 12.1 Å². The fourth-order valence-corrected chi connectivity index (χ4v) is 1.71. The van der Waals surface area contributed by atoms with Crippen LogP contribution in [0.1, 0.15) is 16.8 Å². The van der Waals surface area contributed by atoms with Gasteiger partial charge < -0.3 is 4.74 Å². The average Bonchev–Trinajstić information content (AvgIpc) is 2.06. The Morgan fingerprint density at radius 2 is 2.55 bits per heavy atom. The lowest BCUT2D eigenvalue weighted by Crippen LogP contribution is -2.11. The van der Waals surface area contributed by atoms with E-state index in [9.17, 15) is 0 Å². The van der Waals surface area contributed by atoms with Gasteiger partial charge in [-0.1, -0.05) is 22.0 Å². The van der Waals surface area contributed by atoms with Crippen LogP contribution in [0.4, 0.5) is 0 Å². The van der Waals surface area contributed by atoms with E-state index in [1.54, 1.807) is 6.20 Å². The van der Waals surface area contributed by atoms with Crippen LogP contribution in [0.15, 0.2) is 18.3 Å². The second kappa shape index (κ2) is 2.81. The standard InChI is InChI=1S/C8H8BrNO/c9-7-3-5-11-8-6(7)2-1-4-10-8/h1-2,4,7H,3,5H2. The molecule has 0 N–H and O–H groups in total. The van der Waals surface area contributed by atoms with Crippen molar-refractivity contribution in [3.8, 4) is 5.88 Å². The molecule has 0 saturated heterocycles. The summed E-state index contributed by atoms with van der Waals surface area (Å²) in [6.07, 6.45) is 2.78. The molecule has 0 fully saturated rings. The van der Waals surface area contributed by atoms with Gasteiger partial charge in [-0.2, -0.15) is 0 Å². The fraction of sp³-hybridized carbons (Fsp3) is 0.375. The number of aromatic nitrogens is 1. The summed E-state index contributed by atoms with van der Waals surface area (Å²) in [4.78, 5) is 4.53. The predicted octanol–water partition coefficient (Wildman–Crippen LogP) is 2.30. The van der Waals surface area contributed by atoms with E-state index in [4.69, 9.17) is 4.74 Å². The van der Waals surface area contributed by atoms with Crippen LogP contribution in [-0.2, 0) is 0 Å². The molecule has 0 aromatic carbocycles. The van der Waals surface area contributed by atoms with Crippen molar-refractivity contribution >= 4 is 15.9 Å². The molecular weight excluding hydrogens is 206 g/mol. The fourth-order valence-electron chi connectivity index (χ4n) is 1.18. The molecule has 0 amide bonds. The van der Waals surface area contributed by atoms with Gasteiger partial charge in [-0.15, -0.1) is 0 Å².